The molecule has 0 amide bonds. The minimum atomic E-state index is -0.587. The molecule has 11 heteroatoms. The molecule has 0 bridgehead atoms. The zero-order valence-corrected chi connectivity index (χ0v) is 22.4. The molecular formula is C29H28N6O5. The number of nitro groups is 2. The van der Waals surface area contributed by atoms with Gasteiger partial charge in [-0.2, -0.15) is 0 Å². The second kappa shape index (κ2) is 11.7. The molecule has 2 atom stereocenters. The number of non-ortho nitro benzene ring substituents is 2. The number of aryl methyl sites for hydroxylation is 2. The van der Waals surface area contributed by atoms with Gasteiger partial charge in [-0.15, -0.1) is 0 Å². The molecule has 0 aliphatic carbocycles. The van der Waals surface area contributed by atoms with Crippen LogP contribution in [0.2, 0.25) is 0 Å². The molecule has 0 fully saturated rings. The van der Waals surface area contributed by atoms with Crippen LogP contribution >= 0.6 is 0 Å². The molecule has 0 saturated carbocycles. The van der Waals surface area contributed by atoms with E-state index in [0.29, 0.717) is 34.1 Å². The Bertz CT molecular complexity index is 1490. The van der Waals surface area contributed by atoms with E-state index in [4.69, 9.17) is 0 Å². The van der Waals surface area contributed by atoms with Gasteiger partial charge in [0.1, 0.15) is 17.4 Å². The van der Waals surface area contributed by atoms with Gasteiger partial charge in [-0.3, -0.25) is 25.0 Å². The van der Waals surface area contributed by atoms with Crippen LogP contribution in [0.3, 0.4) is 0 Å². The van der Waals surface area contributed by atoms with Crippen LogP contribution in [0.25, 0.3) is 0 Å². The summed E-state index contributed by atoms with van der Waals surface area (Å²) in [4.78, 5) is 44.5. The first-order valence-corrected chi connectivity index (χ1v) is 12.5. The zero-order chi connectivity index (χ0) is 29.0. The number of rotatable bonds is 10. The fourth-order valence-corrected chi connectivity index (χ4v) is 4.38. The minimum Gasteiger partial charge on any atom is -0.340 e. The van der Waals surface area contributed by atoms with Crippen LogP contribution in [0.15, 0.2) is 72.8 Å². The second-order valence-electron chi connectivity index (χ2n) is 9.49. The Morgan fingerprint density at radius 2 is 1.10 bits per heavy atom. The molecule has 2 aromatic heterocycles. The van der Waals surface area contributed by atoms with Crippen molar-refractivity contribution in [2.45, 2.75) is 39.5 Å². The van der Waals surface area contributed by atoms with Gasteiger partial charge in [-0.1, -0.05) is 38.1 Å². The summed E-state index contributed by atoms with van der Waals surface area (Å²) in [6, 6.07) is 19.4. The highest BCUT2D eigenvalue weighted by Crippen LogP contribution is 2.35. The average molecular weight is 541 g/mol. The summed E-state index contributed by atoms with van der Waals surface area (Å²) in [6.45, 7) is 7.22. The second-order valence-corrected chi connectivity index (χ2v) is 9.49. The van der Waals surface area contributed by atoms with Gasteiger partial charge in [-0.05, 0) is 38.1 Å². The fraction of sp³-hybridized carbons (Fsp3) is 0.207. The molecule has 0 aliphatic heterocycles. The fourth-order valence-electron chi connectivity index (χ4n) is 4.38. The number of aromatic nitrogens is 2. The van der Waals surface area contributed by atoms with E-state index in [1.54, 1.807) is 38.1 Å². The normalized spacial score (nSPS) is 12.3. The third-order valence-electron chi connectivity index (χ3n) is 6.56. The Balaban J connectivity index is 1.64. The van der Waals surface area contributed by atoms with Gasteiger partial charge in [0, 0.05) is 70.0 Å². The van der Waals surface area contributed by atoms with Crippen LogP contribution in [-0.4, -0.2) is 25.6 Å². The number of benzene rings is 2. The van der Waals surface area contributed by atoms with Crippen LogP contribution in [0.5, 0.6) is 0 Å². The monoisotopic (exact) mass is 540 g/mol. The first-order chi connectivity index (χ1) is 19.0. The highest BCUT2D eigenvalue weighted by atomic mass is 16.6. The summed E-state index contributed by atoms with van der Waals surface area (Å²) in [6.07, 6.45) is 0. The van der Waals surface area contributed by atoms with Gasteiger partial charge in [0.05, 0.1) is 9.85 Å². The predicted molar refractivity (Wildman–Crippen MR) is 153 cm³/mol. The lowest BCUT2D eigenvalue weighted by Gasteiger charge is -2.22. The van der Waals surface area contributed by atoms with Gasteiger partial charge in [0.2, 0.25) is 0 Å². The molecule has 204 valence electrons. The molecule has 4 aromatic rings. The summed E-state index contributed by atoms with van der Waals surface area (Å²) in [5.74, 6) is -0.399. The number of hydrogen-bond acceptors (Lipinski definition) is 9. The Hall–Kier alpha value is -5.19. The van der Waals surface area contributed by atoms with Crippen molar-refractivity contribution >= 4 is 40.2 Å². The predicted octanol–water partition coefficient (Wildman–Crippen LogP) is 6.87. The van der Waals surface area contributed by atoms with E-state index in [1.807, 2.05) is 38.1 Å². The van der Waals surface area contributed by atoms with Crippen molar-refractivity contribution in [2.75, 3.05) is 10.6 Å². The quantitative estimate of drug-likeness (QED) is 0.162. The highest BCUT2D eigenvalue weighted by molar-refractivity contribution is 5.93. The van der Waals surface area contributed by atoms with Gasteiger partial charge < -0.3 is 10.6 Å². The molecule has 0 spiro atoms. The molecule has 2 heterocycles. The van der Waals surface area contributed by atoms with E-state index >= 15 is 0 Å². The number of anilines is 4. The first-order valence-electron chi connectivity index (χ1n) is 12.5. The number of nitro benzene ring substituents is 2. The van der Waals surface area contributed by atoms with Crippen LogP contribution in [0.1, 0.15) is 48.2 Å². The number of hydrogen-bond donors (Lipinski definition) is 2. The topological polar surface area (TPSA) is 153 Å². The van der Waals surface area contributed by atoms with E-state index in [0.717, 1.165) is 11.4 Å². The van der Waals surface area contributed by atoms with Crippen molar-refractivity contribution in [3.8, 4) is 0 Å². The maximum atomic E-state index is 13.8. The molecule has 2 aromatic carbocycles. The number of nitrogens with one attached hydrogen (secondary N) is 2. The summed E-state index contributed by atoms with van der Waals surface area (Å²) in [5.41, 5.74) is 3.55. The maximum Gasteiger partial charge on any atom is 0.271 e. The molecule has 0 radical (unpaired) electrons. The van der Waals surface area contributed by atoms with Crippen molar-refractivity contribution in [1.82, 2.24) is 9.97 Å². The molecular weight excluding hydrogens is 512 g/mol. The molecule has 0 aliphatic rings. The lowest BCUT2D eigenvalue weighted by Crippen LogP contribution is -2.19. The molecule has 0 saturated heterocycles. The van der Waals surface area contributed by atoms with Crippen molar-refractivity contribution in [1.29, 1.82) is 0 Å². The highest BCUT2D eigenvalue weighted by Gasteiger charge is 2.28. The third kappa shape index (κ3) is 6.26. The standard InChI is InChI=1S/C29H28N6O5/c1-17-11-13-25(28(30-17)32-21-7-5-9-23(15-21)34(37)38)19(3)27(36)20(4)26-14-12-18(2)31-29(26)33-22-8-6-10-24(16-22)35(39)40/h5-16,19-20H,1-4H3,(H,30,32)(H,31,33). The third-order valence-corrected chi connectivity index (χ3v) is 6.56. The largest absolute Gasteiger partial charge is 0.340 e. The van der Waals surface area contributed by atoms with E-state index in [2.05, 4.69) is 20.6 Å². The Morgan fingerprint density at radius 3 is 1.48 bits per heavy atom. The number of Topliss-reactive ketones (excluding diaryl/α,β-unsaturated/α-hetero) is 1. The molecule has 2 unspecified atom stereocenters. The first kappa shape index (κ1) is 27.8. The summed E-state index contributed by atoms with van der Waals surface area (Å²) in [5, 5.41) is 28.7. The van der Waals surface area contributed by atoms with Crippen LogP contribution in [-0.2, 0) is 4.79 Å². The molecule has 4 rings (SSSR count). The smallest absolute Gasteiger partial charge is 0.271 e. The number of ketones is 1. The number of carbonyl (C=O) groups is 1. The zero-order valence-electron chi connectivity index (χ0n) is 22.4. The van der Waals surface area contributed by atoms with Crippen molar-refractivity contribution in [2.24, 2.45) is 0 Å². The van der Waals surface area contributed by atoms with Crippen molar-refractivity contribution < 1.29 is 14.6 Å². The van der Waals surface area contributed by atoms with Gasteiger partial charge in [0.15, 0.2) is 0 Å². The minimum absolute atomic E-state index is 0.0624. The SMILES string of the molecule is Cc1ccc(C(C)C(=O)C(C)c2ccc(C)nc2Nc2cccc([N+](=O)[O-])c2)c(Nc2cccc([N+](=O)[O-])c2)n1. The van der Waals surface area contributed by atoms with E-state index in [1.165, 1.54) is 24.3 Å². The molecule has 11 nitrogen and oxygen atoms in total. The lowest BCUT2D eigenvalue weighted by molar-refractivity contribution is -0.385. The number of nitrogens with zero attached hydrogens (tertiary/aromatic N) is 4. The molecule has 40 heavy (non-hydrogen) atoms. The Morgan fingerprint density at radius 1 is 0.700 bits per heavy atom. The average Bonchev–Trinajstić information content (AvgIpc) is 2.92. The Labute approximate surface area is 230 Å². The lowest BCUT2D eigenvalue weighted by atomic mass is 9.85. The van der Waals surface area contributed by atoms with Crippen LogP contribution in [0, 0.1) is 34.1 Å². The number of pyridine rings is 2. The Kier molecular flexibility index (Phi) is 8.13. The van der Waals surface area contributed by atoms with E-state index in [9.17, 15) is 25.0 Å². The number of carbonyl (C=O) groups excluding carboxylic acids is 1. The summed E-state index contributed by atoms with van der Waals surface area (Å²) >= 11 is 0. The summed E-state index contributed by atoms with van der Waals surface area (Å²) < 4.78 is 0. The van der Waals surface area contributed by atoms with E-state index < -0.39 is 21.7 Å². The van der Waals surface area contributed by atoms with Crippen molar-refractivity contribution in [3.05, 3.63) is 116 Å². The van der Waals surface area contributed by atoms with Gasteiger partial charge >= 0.3 is 0 Å². The van der Waals surface area contributed by atoms with Gasteiger partial charge in [0.25, 0.3) is 11.4 Å². The van der Waals surface area contributed by atoms with E-state index in [-0.39, 0.29) is 17.2 Å². The van der Waals surface area contributed by atoms with Gasteiger partial charge in [-0.25, -0.2) is 9.97 Å². The van der Waals surface area contributed by atoms with Crippen LogP contribution in [0.4, 0.5) is 34.4 Å². The van der Waals surface area contributed by atoms with Crippen LogP contribution < -0.4 is 10.6 Å². The van der Waals surface area contributed by atoms with Crippen molar-refractivity contribution in [3.63, 3.8) is 0 Å². The molecule has 2 N–H and O–H groups in total. The maximum absolute atomic E-state index is 13.8. The summed E-state index contributed by atoms with van der Waals surface area (Å²) in [7, 11) is 0.